The Morgan fingerprint density at radius 3 is 2.65 bits per heavy atom. The summed E-state index contributed by atoms with van der Waals surface area (Å²) >= 11 is 3.45. The second-order valence-corrected chi connectivity index (χ2v) is 5.27. The van der Waals surface area contributed by atoms with Gasteiger partial charge in [0.25, 0.3) is 0 Å². The Morgan fingerprint density at radius 2 is 2.12 bits per heavy atom. The summed E-state index contributed by atoms with van der Waals surface area (Å²) in [6.07, 6.45) is 1.37. The number of halogens is 1. The number of hydrogen-bond acceptors (Lipinski definition) is 3. The Kier molecular flexibility index (Phi) is 3.54. The summed E-state index contributed by atoms with van der Waals surface area (Å²) in [5.74, 6) is 0.0952. The molecular formula is C13H15BrO3. The van der Waals surface area contributed by atoms with Crippen LogP contribution in [0.3, 0.4) is 0 Å². The second-order valence-electron chi connectivity index (χ2n) is 4.35. The van der Waals surface area contributed by atoms with Gasteiger partial charge < -0.3 is 9.47 Å². The molecule has 2 rings (SSSR count). The van der Waals surface area contributed by atoms with Crippen molar-refractivity contribution in [2.75, 3.05) is 14.2 Å². The fourth-order valence-electron chi connectivity index (χ4n) is 2.34. The highest BCUT2D eigenvalue weighted by Gasteiger charge is 2.52. The van der Waals surface area contributed by atoms with E-state index in [-0.39, 0.29) is 5.97 Å². The topological polar surface area (TPSA) is 35.5 Å². The van der Waals surface area contributed by atoms with Crippen LogP contribution in [0.15, 0.2) is 28.7 Å². The monoisotopic (exact) mass is 298 g/mol. The summed E-state index contributed by atoms with van der Waals surface area (Å²) in [6.45, 7) is 0. The van der Waals surface area contributed by atoms with Gasteiger partial charge in [-0.1, -0.05) is 28.1 Å². The van der Waals surface area contributed by atoms with E-state index < -0.39 is 5.60 Å². The van der Waals surface area contributed by atoms with Gasteiger partial charge in [0.2, 0.25) is 0 Å². The number of rotatable bonds is 3. The van der Waals surface area contributed by atoms with Crippen molar-refractivity contribution in [3.05, 3.63) is 34.3 Å². The average molecular weight is 299 g/mol. The minimum Gasteiger partial charge on any atom is -0.467 e. The number of carbonyl (C=O) groups is 1. The average Bonchev–Trinajstić information content (AvgIpc) is 2.28. The summed E-state index contributed by atoms with van der Waals surface area (Å²) in [4.78, 5) is 11.6. The van der Waals surface area contributed by atoms with E-state index in [1.54, 1.807) is 7.11 Å². The molecule has 17 heavy (non-hydrogen) atoms. The second kappa shape index (κ2) is 4.78. The highest BCUT2D eigenvalue weighted by atomic mass is 79.9. The Balaban J connectivity index is 2.09. The van der Waals surface area contributed by atoms with Crippen LogP contribution in [0.5, 0.6) is 0 Å². The van der Waals surface area contributed by atoms with Crippen molar-refractivity contribution in [3.8, 4) is 0 Å². The molecule has 1 fully saturated rings. The van der Waals surface area contributed by atoms with Crippen molar-refractivity contribution in [1.82, 2.24) is 0 Å². The van der Waals surface area contributed by atoms with Gasteiger partial charge in [0.05, 0.1) is 7.11 Å². The lowest BCUT2D eigenvalue weighted by molar-refractivity contribution is -0.179. The molecular weight excluding hydrogens is 284 g/mol. The van der Waals surface area contributed by atoms with Crippen LogP contribution in [-0.4, -0.2) is 25.8 Å². The van der Waals surface area contributed by atoms with Crippen LogP contribution in [-0.2, 0) is 14.3 Å². The standard InChI is InChI=1S/C13H15BrO3/c1-16-12(15)13(17-2)7-10(8-13)9-4-3-5-11(14)6-9/h3-6,10H,7-8H2,1-2H3. The lowest BCUT2D eigenvalue weighted by atomic mass is 9.67. The van der Waals surface area contributed by atoms with Gasteiger partial charge in [-0.15, -0.1) is 0 Å². The normalized spacial score (nSPS) is 27.4. The first kappa shape index (κ1) is 12.6. The van der Waals surface area contributed by atoms with Gasteiger partial charge in [0, 0.05) is 11.6 Å². The third-order valence-electron chi connectivity index (χ3n) is 3.42. The molecule has 0 radical (unpaired) electrons. The zero-order valence-corrected chi connectivity index (χ0v) is 11.5. The van der Waals surface area contributed by atoms with Crippen LogP contribution in [0.2, 0.25) is 0 Å². The smallest absolute Gasteiger partial charge is 0.338 e. The molecule has 0 aliphatic heterocycles. The molecule has 1 aromatic rings. The van der Waals surface area contributed by atoms with E-state index in [9.17, 15) is 4.79 Å². The molecule has 0 saturated heterocycles. The first-order chi connectivity index (χ1) is 8.11. The van der Waals surface area contributed by atoms with E-state index in [1.165, 1.54) is 12.7 Å². The quantitative estimate of drug-likeness (QED) is 0.805. The molecule has 0 aromatic heterocycles. The van der Waals surface area contributed by atoms with Crippen LogP contribution in [0, 0.1) is 0 Å². The van der Waals surface area contributed by atoms with Crippen molar-refractivity contribution in [2.45, 2.75) is 24.4 Å². The van der Waals surface area contributed by atoms with E-state index in [0.29, 0.717) is 18.8 Å². The molecule has 1 aromatic carbocycles. The number of hydrogen-bond donors (Lipinski definition) is 0. The van der Waals surface area contributed by atoms with Gasteiger partial charge in [-0.05, 0) is 36.5 Å². The number of esters is 1. The lowest BCUT2D eigenvalue weighted by Crippen LogP contribution is -2.51. The van der Waals surface area contributed by atoms with Crippen molar-refractivity contribution in [2.24, 2.45) is 0 Å². The number of benzene rings is 1. The molecule has 1 aliphatic carbocycles. The Bertz CT molecular complexity index is 424. The van der Waals surface area contributed by atoms with Crippen LogP contribution in [0.4, 0.5) is 0 Å². The van der Waals surface area contributed by atoms with E-state index in [0.717, 1.165) is 4.47 Å². The maximum Gasteiger partial charge on any atom is 0.338 e. The predicted octanol–water partition coefficient (Wildman–Crippen LogP) is 2.88. The van der Waals surface area contributed by atoms with Crippen LogP contribution < -0.4 is 0 Å². The molecule has 92 valence electrons. The van der Waals surface area contributed by atoms with Gasteiger partial charge in [-0.3, -0.25) is 0 Å². The van der Waals surface area contributed by atoms with Crippen molar-refractivity contribution < 1.29 is 14.3 Å². The lowest BCUT2D eigenvalue weighted by Gasteiger charge is -2.44. The van der Waals surface area contributed by atoms with E-state index in [4.69, 9.17) is 9.47 Å². The number of carbonyl (C=O) groups excluding carboxylic acids is 1. The molecule has 3 nitrogen and oxygen atoms in total. The SMILES string of the molecule is COC(=O)C1(OC)CC(c2cccc(Br)c2)C1. The van der Waals surface area contributed by atoms with Gasteiger partial charge >= 0.3 is 5.97 Å². The van der Waals surface area contributed by atoms with Crippen molar-refractivity contribution >= 4 is 21.9 Å². The molecule has 0 spiro atoms. The number of ether oxygens (including phenoxy) is 2. The Hall–Kier alpha value is -0.870. The van der Waals surface area contributed by atoms with Crippen molar-refractivity contribution in [1.29, 1.82) is 0 Å². The van der Waals surface area contributed by atoms with Crippen LogP contribution in [0.1, 0.15) is 24.3 Å². The molecule has 0 bridgehead atoms. The van der Waals surface area contributed by atoms with E-state index in [1.807, 2.05) is 12.1 Å². The molecule has 0 unspecified atom stereocenters. The first-order valence-electron chi connectivity index (χ1n) is 5.50. The molecule has 0 atom stereocenters. The third kappa shape index (κ3) is 2.24. The highest BCUT2D eigenvalue weighted by molar-refractivity contribution is 9.10. The zero-order chi connectivity index (χ0) is 12.5. The molecule has 4 heteroatoms. The van der Waals surface area contributed by atoms with Gasteiger partial charge in [0.1, 0.15) is 0 Å². The summed E-state index contributed by atoms with van der Waals surface area (Å²) in [5.41, 5.74) is 0.498. The van der Waals surface area contributed by atoms with Gasteiger partial charge in [-0.25, -0.2) is 4.79 Å². The van der Waals surface area contributed by atoms with Gasteiger partial charge in [-0.2, -0.15) is 0 Å². The summed E-state index contributed by atoms with van der Waals surface area (Å²) in [5, 5.41) is 0. The van der Waals surface area contributed by atoms with Crippen LogP contribution in [0.25, 0.3) is 0 Å². The molecule has 1 aliphatic rings. The Labute approximate surface area is 109 Å². The molecule has 1 saturated carbocycles. The maximum absolute atomic E-state index is 11.6. The molecule has 0 N–H and O–H groups in total. The minimum atomic E-state index is -0.734. The highest BCUT2D eigenvalue weighted by Crippen LogP contribution is 2.47. The largest absolute Gasteiger partial charge is 0.467 e. The van der Waals surface area contributed by atoms with Crippen LogP contribution >= 0.6 is 15.9 Å². The zero-order valence-electron chi connectivity index (χ0n) is 9.90. The minimum absolute atomic E-state index is 0.272. The van der Waals surface area contributed by atoms with E-state index >= 15 is 0 Å². The summed E-state index contributed by atoms with van der Waals surface area (Å²) in [6, 6.07) is 8.16. The first-order valence-corrected chi connectivity index (χ1v) is 6.29. The third-order valence-corrected chi connectivity index (χ3v) is 3.91. The summed E-state index contributed by atoms with van der Waals surface area (Å²) < 4.78 is 11.2. The fourth-order valence-corrected chi connectivity index (χ4v) is 2.75. The maximum atomic E-state index is 11.6. The molecule has 0 heterocycles. The van der Waals surface area contributed by atoms with E-state index in [2.05, 4.69) is 28.1 Å². The van der Waals surface area contributed by atoms with Gasteiger partial charge in [0.15, 0.2) is 5.60 Å². The summed E-state index contributed by atoms with van der Waals surface area (Å²) in [7, 11) is 2.96. The predicted molar refractivity (Wildman–Crippen MR) is 67.9 cm³/mol. The number of methoxy groups -OCH3 is 2. The van der Waals surface area contributed by atoms with Crippen molar-refractivity contribution in [3.63, 3.8) is 0 Å². The fraction of sp³-hybridized carbons (Fsp3) is 0.462. The molecule has 0 amide bonds. The Morgan fingerprint density at radius 1 is 1.41 bits per heavy atom.